The van der Waals surface area contributed by atoms with Crippen molar-refractivity contribution in [2.75, 3.05) is 58.3 Å². The van der Waals surface area contributed by atoms with Crippen LogP contribution in [0.4, 0.5) is 5.69 Å². The number of hydrogen-bond donors (Lipinski definition) is 1. The zero-order valence-corrected chi connectivity index (χ0v) is 21.6. The molecule has 0 bridgehead atoms. The van der Waals surface area contributed by atoms with Crippen molar-refractivity contribution in [1.82, 2.24) is 15.1 Å². The van der Waals surface area contributed by atoms with Crippen LogP contribution >= 0.6 is 0 Å². The molecular weight excluding hydrogens is 444 g/mol. The lowest BCUT2D eigenvalue weighted by atomic mass is 9.95. The summed E-state index contributed by atoms with van der Waals surface area (Å²) in [6.07, 6.45) is 2.74. The van der Waals surface area contributed by atoms with Gasteiger partial charge in [-0.15, -0.1) is 0 Å². The number of likely N-dealkylation sites (N-methyl/N-ethyl adjacent to an activating group) is 1. The summed E-state index contributed by atoms with van der Waals surface area (Å²) >= 11 is 0. The molecule has 0 saturated carbocycles. The Balaban J connectivity index is 1.26. The molecule has 3 aromatic carbocycles. The summed E-state index contributed by atoms with van der Waals surface area (Å²) in [6.45, 7) is 5.93. The highest BCUT2D eigenvalue weighted by molar-refractivity contribution is 5.79. The van der Waals surface area contributed by atoms with Gasteiger partial charge in [0.05, 0.1) is 12.5 Å². The van der Waals surface area contributed by atoms with Crippen LogP contribution in [0.5, 0.6) is 0 Å². The van der Waals surface area contributed by atoms with Gasteiger partial charge >= 0.3 is 0 Å². The normalized spacial score (nSPS) is 17.4. The van der Waals surface area contributed by atoms with E-state index in [4.69, 9.17) is 0 Å². The molecule has 1 N–H and O–H groups in total. The number of fused-ring (bicyclic) bond motifs is 1. The average molecular weight is 483 g/mol. The van der Waals surface area contributed by atoms with E-state index in [9.17, 15) is 4.79 Å². The second-order valence-corrected chi connectivity index (χ2v) is 10.3. The van der Waals surface area contributed by atoms with Crippen LogP contribution in [0.25, 0.3) is 11.1 Å². The molecule has 1 atom stereocenters. The first-order valence-electron chi connectivity index (χ1n) is 13.2. The molecule has 5 rings (SSSR count). The SMILES string of the molecule is CN1CCN(C(CNC(=O)Cc2ccc(-c3ccccc3)cc2)c2ccc3c(c2)CCCN3C)CC1. The molecule has 1 saturated heterocycles. The average Bonchev–Trinajstić information content (AvgIpc) is 2.91. The lowest BCUT2D eigenvalue weighted by Crippen LogP contribution is -2.48. The molecule has 1 unspecified atom stereocenters. The molecule has 0 radical (unpaired) electrons. The van der Waals surface area contributed by atoms with Gasteiger partial charge < -0.3 is 15.1 Å². The largest absolute Gasteiger partial charge is 0.374 e. The highest BCUT2D eigenvalue weighted by Crippen LogP contribution is 2.31. The number of nitrogens with one attached hydrogen (secondary N) is 1. The third-order valence-corrected chi connectivity index (χ3v) is 7.74. The van der Waals surface area contributed by atoms with Crippen LogP contribution in [0, 0.1) is 0 Å². The van der Waals surface area contributed by atoms with Crippen molar-refractivity contribution in [3.05, 3.63) is 89.5 Å². The van der Waals surface area contributed by atoms with Gasteiger partial charge in [0.15, 0.2) is 0 Å². The molecule has 0 aromatic heterocycles. The summed E-state index contributed by atoms with van der Waals surface area (Å²) < 4.78 is 0. The maximum atomic E-state index is 13.0. The van der Waals surface area contributed by atoms with Gasteiger partial charge in [-0.3, -0.25) is 9.69 Å². The number of piperazine rings is 1. The predicted molar refractivity (Wildman–Crippen MR) is 148 cm³/mol. The van der Waals surface area contributed by atoms with E-state index in [1.165, 1.54) is 34.4 Å². The van der Waals surface area contributed by atoms with E-state index < -0.39 is 0 Å². The second-order valence-electron chi connectivity index (χ2n) is 10.3. The van der Waals surface area contributed by atoms with E-state index in [1.54, 1.807) is 0 Å². The molecule has 188 valence electrons. The minimum Gasteiger partial charge on any atom is -0.374 e. The minimum absolute atomic E-state index is 0.0827. The lowest BCUT2D eigenvalue weighted by molar-refractivity contribution is -0.120. The van der Waals surface area contributed by atoms with Crippen molar-refractivity contribution in [2.45, 2.75) is 25.3 Å². The van der Waals surface area contributed by atoms with Crippen LogP contribution in [0.1, 0.15) is 29.2 Å². The van der Waals surface area contributed by atoms with E-state index in [0.29, 0.717) is 13.0 Å². The summed E-state index contributed by atoms with van der Waals surface area (Å²) in [4.78, 5) is 20.3. The summed E-state index contributed by atoms with van der Waals surface area (Å²) in [6, 6.07) is 25.8. The molecule has 2 aliphatic rings. The number of carbonyl (C=O) groups excluding carboxylic acids is 1. The predicted octanol–water partition coefficient (Wildman–Crippen LogP) is 4.38. The van der Waals surface area contributed by atoms with Crippen LogP contribution in [0.15, 0.2) is 72.8 Å². The zero-order valence-electron chi connectivity index (χ0n) is 21.6. The van der Waals surface area contributed by atoms with Crippen LogP contribution in [-0.2, 0) is 17.6 Å². The van der Waals surface area contributed by atoms with Crippen molar-refractivity contribution in [1.29, 1.82) is 0 Å². The number of nitrogens with zero attached hydrogens (tertiary/aromatic N) is 3. The fourth-order valence-electron chi connectivity index (χ4n) is 5.51. The first-order chi connectivity index (χ1) is 17.6. The number of carbonyl (C=O) groups is 1. The maximum Gasteiger partial charge on any atom is 0.224 e. The fourth-order valence-corrected chi connectivity index (χ4v) is 5.51. The molecule has 5 nitrogen and oxygen atoms in total. The number of rotatable bonds is 7. The Morgan fingerprint density at radius 3 is 2.33 bits per heavy atom. The van der Waals surface area contributed by atoms with E-state index in [1.807, 2.05) is 18.2 Å². The third-order valence-electron chi connectivity index (χ3n) is 7.74. The molecule has 3 aromatic rings. The van der Waals surface area contributed by atoms with E-state index in [0.717, 1.165) is 44.7 Å². The smallest absolute Gasteiger partial charge is 0.224 e. The number of hydrogen-bond acceptors (Lipinski definition) is 4. The van der Waals surface area contributed by atoms with Crippen molar-refractivity contribution in [3.63, 3.8) is 0 Å². The molecular formula is C31H38N4O. The molecule has 36 heavy (non-hydrogen) atoms. The van der Waals surface area contributed by atoms with Gasteiger partial charge in [0, 0.05) is 52.0 Å². The fraction of sp³-hybridized carbons (Fsp3) is 0.387. The van der Waals surface area contributed by atoms with Crippen molar-refractivity contribution in [2.24, 2.45) is 0 Å². The molecule has 1 fully saturated rings. The molecule has 0 spiro atoms. The van der Waals surface area contributed by atoms with E-state index in [-0.39, 0.29) is 11.9 Å². The Hall–Kier alpha value is -3.15. The van der Waals surface area contributed by atoms with Crippen LogP contribution in [0.2, 0.25) is 0 Å². The Bertz CT molecular complexity index is 1150. The topological polar surface area (TPSA) is 38.8 Å². The van der Waals surface area contributed by atoms with Crippen molar-refractivity contribution in [3.8, 4) is 11.1 Å². The second kappa shape index (κ2) is 11.3. The van der Waals surface area contributed by atoms with Crippen molar-refractivity contribution >= 4 is 11.6 Å². The summed E-state index contributed by atoms with van der Waals surface area (Å²) in [5.41, 5.74) is 7.52. The Labute approximate surface area is 215 Å². The number of amides is 1. The highest BCUT2D eigenvalue weighted by atomic mass is 16.1. The van der Waals surface area contributed by atoms with E-state index >= 15 is 0 Å². The molecule has 2 aliphatic heterocycles. The third kappa shape index (κ3) is 5.80. The summed E-state index contributed by atoms with van der Waals surface area (Å²) in [5, 5.41) is 3.27. The minimum atomic E-state index is 0.0827. The van der Waals surface area contributed by atoms with Gasteiger partial charge in [-0.1, -0.05) is 66.7 Å². The molecule has 1 amide bonds. The molecule has 0 aliphatic carbocycles. The quantitative estimate of drug-likeness (QED) is 0.542. The van der Waals surface area contributed by atoms with Crippen LogP contribution in [0.3, 0.4) is 0 Å². The van der Waals surface area contributed by atoms with Gasteiger partial charge in [-0.2, -0.15) is 0 Å². The van der Waals surface area contributed by atoms with Gasteiger partial charge in [-0.05, 0) is 53.8 Å². The van der Waals surface area contributed by atoms with Gasteiger partial charge in [0.25, 0.3) is 0 Å². The molecule has 2 heterocycles. The lowest BCUT2D eigenvalue weighted by Gasteiger charge is -2.39. The highest BCUT2D eigenvalue weighted by Gasteiger charge is 2.26. The Kier molecular flexibility index (Phi) is 7.69. The summed E-state index contributed by atoms with van der Waals surface area (Å²) in [7, 11) is 4.37. The first-order valence-corrected chi connectivity index (χ1v) is 13.2. The number of aryl methyl sites for hydroxylation is 1. The Morgan fingerprint density at radius 2 is 1.58 bits per heavy atom. The van der Waals surface area contributed by atoms with Crippen LogP contribution in [-0.4, -0.2) is 69.1 Å². The van der Waals surface area contributed by atoms with Crippen LogP contribution < -0.4 is 10.2 Å². The van der Waals surface area contributed by atoms with Crippen molar-refractivity contribution < 1.29 is 4.79 Å². The monoisotopic (exact) mass is 482 g/mol. The number of benzene rings is 3. The van der Waals surface area contributed by atoms with Gasteiger partial charge in [0.2, 0.25) is 5.91 Å². The standard InChI is InChI=1S/C31H38N4O/c1-33-17-19-35(20-18-33)30(28-14-15-29-27(22-28)9-6-16-34(29)2)23-32-31(36)21-24-10-12-26(13-11-24)25-7-4-3-5-8-25/h3-5,7-8,10-15,22,30H,6,9,16-21,23H2,1-2H3,(H,32,36). The van der Waals surface area contributed by atoms with Gasteiger partial charge in [-0.25, -0.2) is 0 Å². The zero-order chi connectivity index (χ0) is 24.9. The van der Waals surface area contributed by atoms with Gasteiger partial charge in [0.1, 0.15) is 0 Å². The first kappa shape index (κ1) is 24.5. The summed E-state index contributed by atoms with van der Waals surface area (Å²) in [5.74, 6) is 0.0827. The Morgan fingerprint density at radius 1 is 0.861 bits per heavy atom. The maximum absolute atomic E-state index is 13.0. The number of anilines is 1. The van der Waals surface area contributed by atoms with E-state index in [2.05, 4.69) is 88.7 Å². The molecule has 5 heteroatoms.